The minimum absolute atomic E-state index is 0.0464. The van der Waals surface area contributed by atoms with Gasteiger partial charge in [0.15, 0.2) is 5.82 Å². The van der Waals surface area contributed by atoms with E-state index in [-0.39, 0.29) is 18.2 Å². The molecule has 32 heavy (non-hydrogen) atoms. The van der Waals surface area contributed by atoms with Gasteiger partial charge in [-0.3, -0.25) is 4.98 Å². The Hall–Kier alpha value is -2.83. The number of benzene rings is 1. The van der Waals surface area contributed by atoms with Gasteiger partial charge in [0.2, 0.25) is 0 Å². The van der Waals surface area contributed by atoms with Crippen molar-refractivity contribution in [1.82, 2.24) is 15.0 Å². The van der Waals surface area contributed by atoms with Crippen molar-refractivity contribution in [3.8, 4) is 11.4 Å². The van der Waals surface area contributed by atoms with Crippen LogP contribution in [-0.2, 0) is 22.3 Å². The van der Waals surface area contributed by atoms with Gasteiger partial charge < -0.3 is 14.8 Å². The van der Waals surface area contributed by atoms with Crippen LogP contribution in [0.2, 0.25) is 0 Å². The van der Waals surface area contributed by atoms with Crippen molar-refractivity contribution in [3.63, 3.8) is 0 Å². The molecule has 1 saturated heterocycles. The number of ether oxygens (including phenoxy) is 2. The van der Waals surface area contributed by atoms with E-state index in [1.165, 1.54) is 11.1 Å². The van der Waals surface area contributed by atoms with Crippen LogP contribution < -0.4 is 5.32 Å². The Morgan fingerprint density at radius 2 is 1.78 bits per heavy atom. The van der Waals surface area contributed by atoms with Gasteiger partial charge in [-0.1, -0.05) is 30.3 Å². The predicted molar refractivity (Wildman–Crippen MR) is 124 cm³/mol. The van der Waals surface area contributed by atoms with Crippen LogP contribution in [-0.4, -0.2) is 40.3 Å². The highest BCUT2D eigenvalue weighted by Gasteiger charge is 2.28. The normalized spacial score (nSPS) is 18.2. The van der Waals surface area contributed by atoms with Crippen molar-refractivity contribution in [1.29, 1.82) is 0 Å². The largest absolute Gasteiger partial charge is 0.381 e. The minimum atomic E-state index is -0.0734. The maximum atomic E-state index is 6.65. The molecule has 1 aliphatic heterocycles. The highest BCUT2D eigenvalue weighted by atomic mass is 16.5. The molecule has 1 fully saturated rings. The first-order chi connectivity index (χ1) is 15.8. The summed E-state index contributed by atoms with van der Waals surface area (Å²) in [4.78, 5) is 13.9. The average molecular weight is 431 g/mol. The van der Waals surface area contributed by atoms with Gasteiger partial charge in [0.25, 0.3) is 0 Å². The molecule has 0 radical (unpaired) electrons. The number of aromatic nitrogens is 3. The lowest BCUT2D eigenvalue weighted by Gasteiger charge is -2.32. The molecule has 1 aromatic carbocycles. The second-order valence-electron chi connectivity index (χ2n) is 8.62. The van der Waals surface area contributed by atoms with Gasteiger partial charge in [-0.25, -0.2) is 9.97 Å². The molecule has 5 rings (SSSR count). The Kier molecular flexibility index (Phi) is 6.41. The molecule has 2 aromatic heterocycles. The van der Waals surface area contributed by atoms with Crippen LogP contribution in [0.1, 0.15) is 49.1 Å². The molecule has 0 spiro atoms. The molecule has 2 atom stereocenters. The zero-order valence-corrected chi connectivity index (χ0v) is 18.5. The molecule has 1 N–H and O–H groups in total. The van der Waals surface area contributed by atoms with E-state index >= 15 is 0 Å². The summed E-state index contributed by atoms with van der Waals surface area (Å²) in [7, 11) is 0. The smallest absolute Gasteiger partial charge is 0.161 e. The summed E-state index contributed by atoms with van der Waals surface area (Å²) < 4.78 is 12.2. The maximum absolute atomic E-state index is 6.65. The fraction of sp³-hybridized carbons (Fsp3) is 0.423. The Balaban J connectivity index is 1.44. The lowest BCUT2D eigenvalue weighted by molar-refractivity contribution is -0.0739. The van der Waals surface area contributed by atoms with E-state index in [9.17, 15) is 0 Å². The van der Waals surface area contributed by atoms with Crippen LogP contribution in [0.3, 0.4) is 0 Å². The van der Waals surface area contributed by atoms with Crippen molar-refractivity contribution >= 4 is 5.82 Å². The van der Waals surface area contributed by atoms with Crippen LogP contribution in [0.25, 0.3) is 11.4 Å². The van der Waals surface area contributed by atoms with Crippen molar-refractivity contribution in [3.05, 3.63) is 71.7 Å². The standard InChI is InChI=1S/C26H30N4O2/c1-18(24(19-6-3-2-4-7-19)32-21-12-16-31-17-13-21)28-26-22-8-5-9-23(22)29-25(30-26)20-10-14-27-15-11-20/h2-4,6-7,10-11,14-15,18,21,24H,5,8-9,12-13,16-17H2,1H3,(H,28,29,30). The number of nitrogens with one attached hydrogen (secondary N) is 1. The van der Waals surface area contributed by atoms with E-state index in [1.807, 2.05) is 18.2 Å². The Bertz CT molecular complexity index is 1020. The van der Waals surface area contributed by atoms with E-state index in [4.69, 9.17) is 19.4 Å². The second-order valence-corrected chi connectivity index (χ2v) is 8.62. The van der Waals surface area contributed by atoms with Gasteiger partial charge in [-0.15, -0.1) is 0 Å². The summed E-state index contributed by atoms with van der Waals surface area (Å²) in [5.74, 6) is 1.69. The molecule has 166 valence electrons. The molecular formula is C26H30N4O2. The average Bonchev–Trinajstić information content (AvgIpc) is 3.33. The zero-order valence-electron chi connectivity index (χ0n) is 18.5. The number of anilines is 1. The highest BCUT2D eigenvalue weighted by Crippen LogP contribution is 2.32. The molecule has 3 aromatic rings. The molecule has 2 unspecified atom stereocenters. The van der Waals surface area contributed by atoms with Gasteiger partial charge >= 0.3 is 0 Å². The topological polar surface area (TPSA) is 69.2 Å². The molecular weight excluding hydrogens is 400 g/mol. The predicted octanol–water partition coefficient (Wildman–Crippen LogP) is 4.76. The fourth-order valence-electron chi connectivity index (χ4n) is 4.62. The number of fused-ring (bicyclic) bond motifs is 1. The number of nitrogens with zero attached hydrogens (tertiary/aromatic N) is 3. The van der Waals surface area contributed by atoms with E-state index in [2.05, 4.69) is 41.5 Å². The van der Waals surface area contributed by atoms with Gasteiger partial charge in [-0.2, -0.15) is 0 Å². The lowest BCUT2D eigenvalue weighted by atomic mass is 10.0. The highest BCUT2D eigenvalue weighted by molar-refractivity contribution is 5.60. The Morgan fingerprint density at radius 1 is 1.00 bits per heavy atom. The van der Waals surface area contributed by atoms with Gasteiger partial charge in [0.05, 0.1) is 12.1 Å². The summed E-state index contributed by atoms with van der Waals surface area (Å²) in [6.07, 6.45) is 8.71. The van der Waals surface area contributed by atoms with Gasteiger partial charge in [-0.05, 0) is 56.7 Å². The first-order valence-corrected chi connectivity index (χ1v) is 11.6. The SMILES string of the molecule is CC(Nc1nc(-c2ccncc2)nc2c1CCC2)C(OC1CCOCC1)c1ccccc1. The number of hydrogen-bond donors (Lipinski definition) is 1. The van der Waals surface area contributed by atoms with E-state index in [0.717, 1.165) is 68.2 Å². The first-order valence-electron chi connectivity index (χ1n) is 11.6. The third-order valence-corrected chi connectivity index (χ3v) is 6.33. The van der Waals surface area contributed by atoms with Crippen LogP contribution in [0.15, 0.2) is 54.9 Å². The van der Waals surface area contributed by atoms with Crippen molar-refractivity contribution in [2.45, 2.75) is 57.3 Å². The number of pyridine rings is 1. The summed E-state index contributed by atoms with van der Waals surface area (Å²) >= 11 is 0. The molecule has 3 heterocycles. The quantitative estimate of drug-likeness (QED) is 0.583. The van der Waals surface area contributed by atoms with E-state index in [0.29, 0.717) is 0 Å². The Morgan fingerprint density at radius 3 is 2.56 bits per heavy atom. The van der Waals surface area contributed by atoms with E-state index < -0.39 is 0 Å². The van der Waals surface area contributed by atoms with Gasteiger partial charge in [0, 0.05) is 42.4 Å². The fourth-order valence-corrected chi connectivity index (χ4v) is 4.62. The molecule has 0 bridgehead atoms. The van der Waals surface area contributed by atoms with Crippen molar-refractivity contribution in [2.75, 3.05) is 18.5 Å². The number of hydrogen-bond acceptors (Lipinski definition) is 6. The van der Waals surface area contributed by atoms with Crippen molar-refractivity contribution in [2.24, 2.45) is 0 Å². The summed E-state index contributed by atoms with van der Waals surface area (Å²) in [5, 5.41) is 3.72. The zero-order chi connectivity index (χ0) is 21.8. The molecule has 0 saturated carbocycles. The third kappa shape index (κ3) is 4.66. The second kappa shape index (κ2) is 9.76. The van der Waals surface area contributed by atoms with Crippen LogP contribution in [0.4, 0.5) is 5.82 Å². The third-order valence-electron chi connectivity index (χ3n) is 6.33. The molecule has 6 nitrogen and oxygen atoms in total. The van der Waals surface area contributed by atoms with Crippen molar-refractivity contribution < 1.29 is 9.47 Å². The Labute approximate surface area is 189 Å². The molecule has 2 aliphatic rings. The number of aryl methyl sites for hydroxylation is 1. The van der Waals surface area contributed by atoms with Crippen LogP contribution in [0.5, 0.6) is 0 Å². The lowest BCUT2D eigenvalue weighted by Crippen LogP contribution is -2.33. The molecule has 1 aliphatic carbocycles. The van der Waals surface area contributed by atoms with Crippen LogP contribution >= 0.6 is 0 Å². The molecule has 6 heteroatoms. The molecule has 0 amide bonds. The van der Waals surface area contributed by atoms with E-state index in [1.54, 1.807) is 12.4 Å². The summed E-state index contributed by atoms with van der Waals surface area (Å²) in [6, 6.07) is 14.5. The summed E-state index contributed by atoms with van der Waals surface area (Å²) in [5.41, 5.74) is 4.57. The first kappa shape index (κ1) is 21.0. The van der Waals surface area contributed by atoms with Gasteiger partial charge in [0.1, 0.15) is 11.9 Å². The minimum Gasteiger partial charge on any atom is -0.381 e. The van der Waals surface area contributed by atoms with Crippen LogP contribution in [0, 0.1) is 0 Å². The summed E-state index contributed by atoms with van der Waals surface area (Å²) in [6.45, 7) is 3.72. The monoisotopic (exact) mass is 430 g/mol. The maximum Gasteiger partial charge on any atom is 0.161 e. The number of rotatable bonds is 7.